The highest BCUT2D eigenvalue weighted by atomic mass is 16.5. The van der Waals surface area contributed by atoms with E-state index in [-0.39, 0.29) is 11.5 Å². The van der Waals surface area contributed by atoms with Gasteiger partial charge in [0, 0.05) is 24.9 Å². The second kappa shape index (κ2) is 6.75. The first-order valence-corrected chi connectivity index (χ1v) is 10.4. The molecule has 4 unspecified atom stereocenters. The molecule has 2 bridgehead atoms. The number of carbonyl (C=O) groups is 1. The molecule has 4 aliphatic rings. The van der Waals surface area contributed by atoms with Gasteiger partial charge in [0.05, 0.1) is 24.7 Å². The van der Waals surface area contributed by atoms with Crippen LogP contribution in [0.4, 0.5) is 5.69 Å². The number of amides is 1. The van der Waals surface area contributed by atoms with Gasteiger partial charge in [0.25, 0.3) is 0 Å². The van der Waals surface area contributed by atoms with E-state index in [1.807, 2.05) is 12.1 Å². The van der Waals surface area contributed by atoms with Gasteiger partial charge in [-0.1, -0.05) is 29.8 Å². The number of hydrogen-bond donors (Lipinski definition) is 0. The summed E-state index contributed by atoms with van der Waals surface area (Å²) in [6.45, 7) is 1.94. The molecule has 5 rings (SSSR count). The minimum Gasteiger partial charge on any atom is -0.382 e. The van der Waals surface area contributed by atoms with E-state index in [0.29, 0.717) is 25.0 Å². The number of para-hydroxylation sites is 1. The third-order valence-electron chi connectivity index (χ3n) is 7.36. The first-order valence-electron chi connectivity index (χ1n) is 10.4. The van der Waals surface area contributed by atoms with Gasteiger partial charge in [-0.15, -0.1) is 0 Å². The quantitative estimate of drug-likeness (QED) is 0.576. The molecular formula is C23H29NO3. The third kappa shape index (κ3) is 2.76. The molecule has 2 fully saturated rings. The Morgan fingerprint density at radius 3 is 3.00 bits per heavy atom. The van der Waals surface area contributed by atoms with Gasteiger partial charge < -0.3 is 14.4 Å². The van der Waals surface area contributed by atoms with E-state index in [9.17, 15) is 4.79 Å². The maximum atomic E-state index is 13.8. The van der Waals surface area contributed by atoms with Crippen LogP contribution in [0.1, 0.15) is 50.2 Å². The summed E-state index contributed by atoms with van der Waals surface area (Å²) < 4.78 is 11.2. The van der Waals surface area contributed by atoms with Crippen LogP contribution in [0.5, 0.6) is 0 Å². The minimum absolute atomic E-state index is 0.0544. The van der Waals surface area contributed by atoms with Crippen molar-refractivity contribution in [2.24, 2.45) is 17.3 Å². The molecule has 0 N–H and O–H groups in total. The van der Waals surface area contributed by atoms with E-state index in [0.717, 1.165) is 49.4 Å². The summed E-state index contributed by atoms with van der Waals surface area (Å²) in [6, 6.07) is 8.30. The molecule has 4 nitrogen and oxygen atoms in total. The van der Waals surface area contributed by atoms with Crippen molar-refractivity contribution in [1.82, 2.24) is 0 Å². The number of anilines is 1. The third-order valence-corrected chi connectivity index (χ3v) is 7.36. The van der Waals surface area contributed by atoms with Crippen LogP contribution >= 0.6 is 0 Å². The number of ether oxygens (including phenoxy) is 2. The number of benzene rings is 1. The fourth-order valence-electron chi connectivity index (χ4n) is 6.07. The van der Waals surface area contributed by atoms with Gasteiger partial charge in [-0.2, -0.15) is 0 Å². The zero-order valence-electron chi connectivity index (χ0n) is 16.2. The Hall–Kier alpha value is -1.65. The van der Waals surface area contributed by atoms with Gasteiger partial charge in [-0.3, -0.25) is 4.79 Å². The van der Waals surface area contributed by atoms with Crippen molar-refractivity contribution >= 4 is 11.6 Å². The van der Waals surface area contributed by atoms with Crippen LogP contribution in [0.3, 0.4) is 0 Å². The summed E-state index contributed by atoms with van der Waals surface area (Å²) in [6.07, 6.45) is 8.99. The Morgan fingerprint density at radius 2 is 2.11 bits per heavy atom. The summed E-state index contributed by atoms with van der Waals surface area (Å²) in [4.78, 5) is 15.8. The van der Waals surface area contributed by atoms with E-state index < -0.39 is 0 Å². The second-order valence-corrected chi connectivity index (χ2v) is 8.73. The van der Waals surface area contributed by atoms with Crippen molar-refractivity contribution < 1.29 is 14.3 Å². The van der Waals surface area contributed by atoms with Crippen molar-refractivity contribution in [3.8, 4) is 0 Å². The summed E-state index contributed by atoms with van der Waals surface area (Å²) in [5, 5.41) is 0. The molecule has 4 atom stereocenters. The standard InChI is InChI=1S/C23H29NO3/c1-26-12-13-27-21-9-11-24(20-5-3-2-4-18(20)21)22(25)23-10-8-16-6-7-17(14-23)19(16)15-23/h2-5,8,17,19,21H,6-7,9-15H2,1H3. The maximum absolute atomic E-state index is 13.8. The highest BCUT2D eigenvalue weighted by molar-refractivity contribution is 5.99. The number of rotatable bonds is 5. The lowest BCUT2D eigenvalue weighted by Gasteiger charge is -2.40. The van der Waals surface area contributed by atoms with Crippen LogP contribution in [-0.2, 0) is 14.3 Å². The van der Waals surface area contributed by atoms with Crippen molar-refractivity contribution in [3.63, 3.8) is 0 Å². The van der Waals surface area contributed by atoms with Gasteiger partial charge >= 0.3 is 0 Å². The van der Waals surface area contributed by atoms with Crippen molar-refractivity contribution in [2.75, 3.05) is 31.8 Å². The molecule has 0 aromatic heterocycles. The number of nitrogens with zero attached hydrogens (tertiary/aromatic N) is 1. The highest BCUT2D eigenvalue weighted by Crippen LogP contribution is 2.61. The Morgan fingerprint density at radius 1 is 1.22 bits per heavy atom. The van der Waals surface area contributed by atoms with Gasteiger partial charge in [-0.05, 0) is 56.4 Å². The first-order chi connectivity index (χ1) is 13.2. The molecule has 27 heavy (non-hydrogen) atoms. The molecule has 1 amide bonds. The number of hydrogen-bond acceptors (Lipinski definition) is 3. The molecule has 1 aromatic carbocycles. The van der Waals surface area contributed by atoms with Crippen LogP contribution in [-0.4, -0.2) is 32.8 Å². The van der Waals surface area contributed by atoms with E-state index >= 15 is 0 Å². The van der Waals surface area contributed by atoms with Crippen LogP contribution < -0.4 is 4.90 Å². The molecule has 1 aliphatic heterocycles. The summed E-state index contributed by atoms with van der Waals surface area (Å²) >= 11 is 0. The lowest BCUT2D eigenvalue weighted by atomic mass is 9.74. The van der Waals surface area contributed by atoms with E-state index in [2.05, 4.69) is 23.1 Å². The van der Waals surface area contributed by atoms with E-state index in [1.54, 1.807) is 12.7 Å². The number of carbonyl (C=O) groups excluding carboxylic acids is 1. The first kappa shape index (κ1) is 17.4. The van der Waals surface area contributed by atoms with Gasteiger partial charge in [0.15, 0.2) is 0 Å². The molecule has 1 aromatic rings. The molecular weight excluding hydrogens is 338 g/mol. The smallest absolute Gasteiger partial charge is 0.233 e. The van der Waals surface area contributed by atoms with Crippen LogP contribution in [0.15, 0.2) is 35.9 Å². The lowest BCUT2D eigenvalue weighted by Crippen LogP contribution is -2.46. The van der Waals surface area contributed by atoms with Crippen molar-refractivity contribution in [1.29, 1.82) is 0 Å². The Bertz CT molecular complexity index is 773. The zero-order chi connectivity index (χ0) is 18.4. The summed E-state index contributed by atoms with van der Waals surface area (Å²) in [5.74, 6) is 1.79. The van der Waals surface area contributed by atoms with Gasteiger partial charge in [0.1, 0.15) is 0 Å². The number of methoxy groups -OCH3 is 1. The molecule has 0 saturated heterocycles. The minimum atomic E-state index is -0.157. The monoisotopic (exact) mass is 367 g/mol. The summed E-state index contributed by atoms with van der Waals surface area (Å²) in [7, 11) is 1.69. The average molecular weight is 367 g/mol. The van der Waals surface area contributed by atoms with Gasteiger partial charge in [0.2, 0.25) is 5.91 Å². The highest BCUT2D eigenvalue weighted by Gasteiger charge is 2.56. The normalized spacial score (nSPS) is 33.7. The molecule has 2 saturated carbocycles. The predicted octanol–water partition coefficient (Wildman–Crippen LogP) is 4.26. The van der Waals surface area contributed by atoms with Gasteiger partial charge in [-0.25, -0.2) is 0 Å². The molecule has 144 valence electrons. The zero-order valence-corrected chi connectivity index (χ0v) is 16.2. The van der Waals surface area contributed by atoms with Crippen molar-refractivity contribution in [3.05, 3.63) is 41.5 Å². The van der Waals surface area contributed by atoms with Crippen molar-refractivity contribution in [2.45, 2.75) is 44.6 Å². The Balaban J connectivity index is 1.41. The number of allylic oxidation sites excluding steroid dienone is 2. The Kier molecular flexibility index (Phi) is 4.36. The molecule has 3 aliphatic carbocycles. The fraction of sp³-hybridized carbons (Fsp3) is 0.609. The molecule has 0 radical (unpaired) electrons. The average Bonchev–Trinajstić information content (AvgIpc) is 3.21. The molecule has 0 spiro atoms. The predicted molar refractivity (Wildman–Crippen MR) is 105 cm³/mol. The van der Waals surface area contributed by atoms with Crippen LogP contribution in [0.2, 0.25) is 0 Å². The molecule has 4 heteroatoms. The van der Waals surface area contributed by atoms with Crippen LogP contribution in [0.25, 0.3) is 0 Å². The molecule has 1 heterocycles. The van der Waals surface area contributed by atoms with E-state index in [4.69, 9.17) is 9.47 Å². The fourth-order valence-corrected chi connectivity index (χ4v) is 6.07. The maximum Gasteiger partial charge on any atom is 0.233 e. The SMILES string of the molecule is COCCOC1CCN(C(=O)C23CC=C4CCC(C2)C4C3)c2ccccc21. The largest absolute Gasteiger partial charge is 0.382 e. The van der Waals surface area contributed by atoms with Crippen LogP contribution in [0, 0.1) is 17.3 Å². The second-order valence-electron chi connectivity index (χ2n) is 8.73. The van der Waals surface area contributed by atoms with E-state index in [1.165, 1.54) is 12.8 Å². The lowest BCUT2D eigenvalue weighted by molar-refractivity contribution is -0.128. The summed E-state index contributed by atoms with van der Waals surface area (Å²) in [5.41, 5.74) is 3.69. The topological polar surface area (TPSA) is 38.8 Å². The Labute approximate surface area is 161 Å². The number of fused-ring (bicyclic) bond motifs is 2.